The van der Waals surface area contributed by atoms with Crippen molar-refractivity contribution in [3.05, 3.63) is 11.9 Å². The molecule has 1 aromatic heterocycles. The number of rotatable bonds is 3. The molecule has 16 heavy (non-hydrogen) atoms. The average Bonchev–Trinajstić information content (AvgIpc) is 2.85. The molecule has 1 saturated carbocycles. The molecule has 3 rings (SSSR count). The minimum absolute atomic E-state index is 0.418. The van der Waals surface area contributed by atoms with Crippen LogP contribution in [0, 0.1) is 0 Å². The molecular weight excluding hydrogens is 204 g/mol. The summed E-state index contributed by atoms with van der Waals surface area (Å²) in [6.45, 7) is 2.12. The van der Waals surface area contributed by atoms with E-state index < -0.39 is 0 Å². The van der Waals surface area contributed by atoms with Gasteiger partial charge in [0.1, 0.15) is 5.69 Å². The van der Waals surface area contributed by atoms with Crippen LogP contribution in [0.3, 0.4) is 0 Å². The molecule has 2 aliphatic rings. The first-order valence-electron chi connectivity index (χ1n) is 5.98. The molecule has 2 heterocycles. The summed E-state index contributed by atoms with van der Waals surface area (Å²) >= 11 is 0. The lowest BCUT2D eigenvalue weighted by atomic mass is 10.0. The van der Waals surface area contributed by atoms with Crippen molar-refractivity contribution in [1.82, 2.24) is 19.9 Å². The SMILES string of the molecule is O=Cc1cn(C2CN(C3CCCC3)C2)nn1. The maximum Gasteiger partial charge on any atom is 0.171 e. The molecule has 1 aromatic rings. The molecule has 2 fully saturated rings. The van der Waals surface area contributed by atoms with E-state index >= 15 is 0 Å². The monoisotopic (exact) mass is 220 g/mol. The fraction of sp³-hybridized carbons (Fsp3) is 0.727. The molecule has 1 saturated heterocycles. The number of hydrogen-bond acceptors (Lipinski definition) is 4. The summed E-state index contributed by atoms with van der Waals surface area (Å²) in [5, 5.41) is 7.77. The predicted molar refractivity (Wildman–Crippen MR) is 58.3 cm³/mol. The van der Waals surface area contributed by atoms with Crippen LogP contribution in [0.4, 0.5) is 0 Å². The molecule has 0 radical (unpaired) electrons. The normalized spacial score (nSPS) is 23.5. The second-order valence-corrected chi connectivity index (χ2v) is 4.79. The molecule has 0 aromatic carbocycles. The highest BCUT2D eigenvalue weighted by molar-refractivity contribution is 5.70. The molecule has 0 amide bonds. The van der Waals surface area contributed by atoms with Crippen molar-refractivity contribution < 1.29 is 4.79 Å². The van der Waals surface area contributed by atoms with Crippen molar-refractivity contribution in [3.63, 3.8) is 0 Å². The Labute approximate surface area is 94.4 Å². The number of hydrogen-bond donors (Lipinski definition) is 0. The third kappa shape index (κ3) is 1.65. The summed E-state index contributed by atoms with van der Waals surface area (Å²) in [5.41, 5.74) is 0.430. The van der Waals surface area contributed by atoms with Crippen LogP contribution in [0.15, 0.2) is 6.20 Å². The Bertz CT molecular complexity index is 377. The van der Waals surface area contributed by atoms with Crippen LogP contribution in [-0.2, 0) is 0 Å². The van der Waals surface area contributed by atoms with Gasteiger partial charge in [-0.1, -0.05) is 18.1 Å². The van der Waals surface area contributed by atoms with Crippen LogP contribution >= 0.6 is 0 Å². The number of carbonyl (C=O) groups is 1. The highest BCUT2D eigenvalue weighted by Gasteiger charge is 2.35. The van der Waals surface area contributed by atoms with Gasteiger partial charge in [0, 0.05) is 19.1 Å². The Morgan fingerprint density at radius 3 is 2.62 bits per heavy atom. The molecule has 5 nitrogen and oxygen atoms in total. The van der Waals surface area contributed by atoms with E-state index in [0.717, 1.165) is 25.4 Å². The summed E-state index contributed by atoms with van der Waals surface area (Å²) in [6, 6.07) is 1.21. The van der Waals surface area contributed by atoms with E-state index in [9.17, 15) is 4.79 Å². The second kappa shape index (κ2) is 3.97. The molecule has 86 valence electrons. The summed E-state index contributed by atoms with van der Waals surface area (Å²) in [6.07, 6.45) is 7.95. The minimum Gasteiger partial charge on any atom is -0.296 e. The predicted octanol–water partition coefficient (Wildman–Crippen LogP) is 0.890. The highest BCUT2D eigenvalue weighted by atomic mass is 16.1. The van der Waals surface area contributed by atoms with Crippen molar-refractivity contribution in [1.29, 1.82) is 0 Å². The first-order chi connectivity index (χ1) is 7.86. The lowest BCUT2D eigenvalue weighted by Crippen LogP contribution is -2.52. The standard InChI is InChI=1S/C11H16N4O/c16-8-9-5-15(13-12-9)11-6-14(7-11)10-3-1-2-4-10/h5,8,10-11H,1-4,6-7H2. The molecule has 0 N–H and O–H groups in total. The van der Waals surface area contributed by atoms with E-state index in [1.165, 1.54) is 25.7 Å². The number of aromatic nitrogens is 3. The third-order valence-electron chi connectivity index (χ3n) is 3.75. The maximum atomic E-state index is 10.5. The highest BCUT2D eigenvalue weighted by Crippen LogP contribution is 2.30. The smallest absolute Gasteiger partial charge is 0.171 e. The van der Waals surface area contributed by atoms with Gasteiger partial charge in [0.2, 0.25) is 0 Å². The molecule has 1 aliphatic heterocycles. The summed E-state index contributed by atoms with van der Waals surface area (Å²) in [7, 11) is 0. The fourth-order valence-corrected chi connectivity index (χ4v) is 2.75. The van der Waals surface area contributed by atoms with E-state index in [0.29, 0.717) is 11.7 Å². The van der Waals surface area contributed by atoms with Gasteiger partial charge in [-0.15, -0.1) is 5.10 Å². The van der Waals surface area contributed by atoms with Gasteiger partial charge in [-0.3, -0.25) is 9.69 Å². The minimum atomic E-state index is 0.418. The van der Waals surface area contributed by atoms with Crippen molar-refractivity contribution >= 4 is 6.29 Å². The molecule has 5 heteroatoms. The van der Waals surface area contributed by atoms with Crippen LogP contribution in [0.5, 0.6) is 0 Å². The van der Waals surface area contributed by atoms with Gasteiger partial charge in [-0.05, 0) is 12.8 Å². The Morgan fingerprint density at radius 1 is 1.25 bits per heavy atom. The molecule has 0 atom stereocenters. The van der Waals surface area contributed by atoms with E-state index in [4.69, 9.17) is 0 Å². The van der Waals surface area contributed by atoms with Crippen LogP contribution in [0.25, 0.3) is 0 Å². The molecule has 1 aliphatic carbocycles. The van der Waals surface area contributed by atoms with Gasteiger partial charge in [0.15, 0.2) is 6.29 Å². The summed E-state index contributed by atoms with van der Waals surface area (Å²) in [4.78, 5) is 13.0. The van der Waals surface area contributed by atoms with Gasteiger partial charge < -0.3 is 0 Å². The summed E-state index contributed by atoms with van der Waals surface area (Å²) < 4.78 is 1.83. The van der Waals surface area contributed by atoms with Gasteiger partial charge in [-0.2, -0.15) is 0 Å². The Hall–Kier alpha value is -1.23. The molecular formula is C11H16N4O. The Morgan fingerprint density at radius 2 is 2.00 bits per heavy atom. The van der Waals surface area contributed by atoms with Crippen LogP contribution in [0.1, 0.15) is 42.2 Å². The first-order valence-corrected chi connectivity index (χ1v) is 5.98. The lowest BCUT2D eigenvalue weighted by molar-refractivity contribution is 0.0543. The molecule has 0 spiro atoms. The van der Waals surface area contributed by atoms with Gasteiger partial charge in [0.25, 0.3) is 0 Å². The zero-order valence-electron chi connectivity index (χ0n) is 9.25. The van der Waals surface area contributed by atoms with Gasteiger partial charge in [-0.25, -0.2) is 4.68 Å². The topological polar surface area (TPSA) is 51.0 Å². The number of aldehydes is 1. The quantitative estimate of drug-likeness (QED) is 0.710. The zero-order valence-corrected chi connectivity index (χ0v) is 9.25. The largest absolute Gasteiger partial charge is 0.296 e. The van der Waals surface area contributed by atoms with E-state index in [2.05, 4.69) is 15.2 Å². The van der Waals surface area contributed by atoms with Gasteiger partial charge >= 0.3 is 0 Å². The van der Waals surface area contributed by atoms with Crippen LogP contribution in [-0.4, -0.2) is 45.3 Å². The zero-order chi connectivity index (χ0) is 11.0. The summed E-state index contributed by atoms with van der Waals surface area (Å²) in [5.74, 6) is 0. The Kier molecular flexibility index (Phi) is 2.47. The van der Waals surface area contributed by atoms with Crippen molar-refractivity contribution in [2.75, 3.05) is 13.1 Å². The second-order valence-electron chi connectivity index (χ2n) is 4.79. The molecule has 0 bridgehead atoms. The van der Waals surface area contributed by atoms with Crippen LogP contribution in [0.2, 0.25) is 0 Å². The van der Waals surface area contributed by atoms with Crippen molar-refractivity contribution in [2.24, 2.45) is 0 Å². The first kappa shape index (κ1) is 9.96. The number of nitrogens with zero attached hydrogens (tertiary/aromatic N) is 4. The van der Waals surface area contributed by atoms with Crippen molar-refractivity contribution in [2.45, 2.75) is 37.8 Å². The van der Waals surface area contributed by atoms with E-state index in [1.54, 1.807) is 6.20 Å². The number of carbonyl (C=O) groups excluding carboxylic acids is 1. The third-order valence-corrected chi connectivity index (χ3v) is 3.75. The Balaban J connectivity index is 1.57. The molecule has 0 unspecified atom stereocenters. The average molecular weight is 220 g/mol. The maximum absolute atomic E-state index is 10.5. The lowest BCUT2D eigenvalue weighted by Gasteiger charge is -2.42. The number of likely N-dealkylation sites (tertiary alicyclic amines) is 1. The van der Waals surface area contributed by atoms with E-state index in [1.807, 2.05) is 4.68 Å². The fourth-order valence-electron chi connectivity index (χ4n) is 2.75. The van der Waals surface area contributed by atoms with Crippen LogP contribution < -0.4 is 0 Å². The van der Waals surface area contributed by atoms with Crippen molar-refractivity contribution in [3.8, 4) is 0 Å². The van der Waals surface area contributed by atoms with Gasteiger partial charge in [0.05, 0.1) is 12.2 Å². The van der Waals surface area contributed by atoms with E-state index in [-0.39, 0.29) is 0 Å².